The topological polar surface area (TPSA) is 161 Å². The van der Waals surface area contributed by atoms with Gasteiger partial charge in [0.15, 0.2) is 0 Å². The van der Waals surface area contributed by atoms with Crippen LogP contribution in [-0.2, 0) is 4.74 Å². The number of rotatable bonds is 6. The van der Waals surface area contributed by atoms with Crippen LogP contribution in [0.3, 0.4) is 0 Å². The van der Waals surface area contributed by atoms with E-state index < -0.39 is 43.2 Å². The van der Waals surface area contributed by atoms with Crippen LogP contribution in [0.15, 0.2) is 53.6 Å². The van der Waals surface area contributed by atoms with Gasteiger partial charge >= 0.3 is 0 Å². The van der Waals surface area contributed by atoms with Crippen molar-refractivity contribution in [1.29, 1.82) is 0 Å². The fourth-order valence-electron chi connectivity index (χ4n) is 2.82. The van der Waals surface area contributed by atoms with Gasteiger partial charge in [0, 0.05) is 0 Å². The summed E-state index contributed by atoms with van der Waals surface area (Å²) in [5.41, 5.74) is 3.02. The number of hydrogen-bond acceptors (Lipinski definition) is 9. The minimum absolute atomic E-state index is 0.0953. The first-order valence-corrected chi connectivity index (χ1v) is 9.09. The number of benzene rings is 2. The van der Waals surface area contributed by atoms with Crippen LogP contribution in [0.1, 0.15) is 15.9 Å². The Morgan fingerprint density at radius 1 is 1.07 bits per heavy atom. The lowest BCUT2D eigenvalue weighted by atomic mass is 9.99. The maximum atomic E-state index is 12.0. The summed E-state index contributed by atoms with van der Waals surface area (Å²) in [4.78, 5) is 12.0. The largest absolute Gasteiger partial charge is 0.507 e. The third kappa shape index (κ3) is 4.93. The molecule has 1 heterocycles. The van der Waals surface area contributed by atoms with Crippen molar-refractivity contribution in [3.63, 3.8) is 0 Å². The fraction of sp³-hybridized carbons (Fsp3) is 0.300. The van der Waals surface area contributed by atoms with E-state index in [0.717, 1.165) is 0 Å². The van der Waals surface area contributed by atoms with E-state index in [9.17, 15) is 30.3 Å². The highest BCUT2D eigenvalue weighted by Crippen LogP contribution is 2.24. The molecule has 0 bridgehead atoms. The molecule has 10 nitrogen and oxygen atoms in total. The number of aromatic hydroxyl groups is 1. The molecule has 5 atom stereocenters. The first-order chi connectivity index (χ1) is 14.4. The van der Waals surface area contributed by atoms with Crippen molar-refractivity contribution >= 4 is 12.1 Å². The third-order valence-corrected chi connectivity index (χ3v) is 4.51. The van der Waals surface area contributed by atoms with Crippen LogP contribution in [0, 0.1) is 0 Å². The molecule has 6 N–H and O–H groups in total. The normalized spacial score (nSPS) is 26.5. The van der Waals surface area contributed by atoms with Crippen LogP contribution < -0.4 is 10.2 Å². The number of phenolic OH excluding ortho intramolecular Hbond substituents is 1. The van der Waals surface area contributed by atoms with Gasteiger partial charge < -0.3 is 35.0 Å². The minimum atomic E-state index is -1.53. The average Bonchev–Trinajstić information content (AvgIpc) is 2.75. The zero-order chi connectivity index (χ0) is 21.7. The lowest BCUT2D eigenvalue weighted by Gasteiger charge is -2.39. The number of carbonyl (C=O) groups is 1. The Kier molecular flexibility index (Phi) is 6.98. The van der Waals surface area contributed by atoms with Gasteiger partial charge in [0.25, 0.3) is 5.91 Å². The molecule has 10 heteroatoms. The summed E-state index contributed by atoms with van der Waals surface area (Å²) in [7, 11) is 0. The number of nitrogens with zero attached hydrogens (tertiary/aromatic N) is 1. The van der Waals surface area contributed by atoms with Crippen LogP contribution in [0.25, 0.3) is 0 Å². The Morgan fingerprint density at radius 2 is 1.77 bits per heavy atom. The van der Waals surface area contributed by atoms with Crippen molar-refractivity contribution in [1.82, 2.24) is 5.43 Å². The highest BCUT2D eigenvalue weighted by molar-refractivity contribution is 5.97. The average molecular weight is 418 g/mol. The van der Waals surface area contributed by atoms with Crippen molar-refractivity contribution < 1.29 is 39.8 Å². The molecule has 2 aromatic carbocycles. The fourth-order valence-corrected chi connectivity index (χ4v) is 2.82. The molecule has 0 aromatic heterocycles. The third-order valence-electron chi connectivity index (χ3n) is 4.51. The molecule has 1 aliphatic rings. The number of para-hydroxylation sites is 1. The van der Waals surface area contributed by atoms with E-state index in [4.69, 9.17) is 9.47 Å². The number of hydrazone groups is 1. The minimum Gasteiger partial charge on any atom is -0.507 e. The Morgan fingerprint density at radius 3 is 2.43 bits per heavy atom. The van der Waals surface area contributed by atoms with Crippen LogP contribution in [0.2, 0.25) is 0 Å². The van der Waals surface area contributed by atoms with Crippen LogP contribution in [0.4, 0.5) is 0 Å². The molecule has 160 valence electrons. The van der Waals surface area contributed by atoms with Gasteiger partial charge in [-0.2, -0.15) is 5.10 Å². The van der Waals surface area contributed by atoms with E-state index >= 15 is 0 Å². The number of ether oxygens (including phenoxy) is 2. The molecule has 1 aliphatic heterocycles. The number of hydrogen-bond donors (Lipinski definition) is 6. The van der Waals surface area contributed by atoms with Gasteiger partial charge in [0.2, 0.25) is 6.29 Å². The second kappa shape index (κ2) is 9.65. The maximum Gasteiger partial charge on any atom is 0.275 e. The molecule has 1 amide bonds. The van der Waals surface area contributed by atoms with E-state index in [0.29, 0.717) is 11.3 Å². The van der Waals surface area contributed by atoms with E-state index in [1.807, 2.05) is 0 Å². The Balaban J connectivity index is 1.58. The van der Waals surface area contributed by atoms with Gasteiger partial charge in [-0.05, 0) is 42.0 Å². The molecule has 1 fully saturated rings. The molecule has 0 radical (unpaired) electrons. The summed E-state index contributed by atoms with van der Waals surface area (Å²) in [6.45, 7) is -0.549. The molecular weight excluding hydrogens is 396 g/mol. The summed E-state index contributed by atoms with van der Waals surface area (Å²) in [6.07, 6.45) is -5.45. The van der Waals surface area contributed by atoms with Crippen molar-refractivity contribution in [3.05, 3.63) is 59.7 Å². The quantitative estimate of drug-likeness (QED) is 0.266. The first-order valence-electron chi connectivity index (χ1n) is 9.09. The van der Waals surface area contributed by atoms with Crippen molar-refractivity contribution in [2.45, 2.75) is 30.7 Å². The summed E-state index contributed by atoms with van der Waals surface area (Å²) in [5, 5.41) is 52.2. The standard InChI is InChI=1S/C20H22N2O8/c23-10-15-16(25)17(26)18(27)20(30-15)29-12-7-5-11(6-8-12)9-21-22-19(28)13-3-1-2-4-14(13)24/h1-9,15-18,20,23-27H,10H2,(H,22,28). The SMILES string of the molecule is O=C(NN=Cc1ccc(OC2OC(CO)C(O)C(O)C2O)cc1)c1ccccc1O. The Hall–Kier alpha value is -3.02. The molecule has 2 aromatic rings. The number of carbonyl (C=O) groups excluding carboxylic acids is 1. The van der Waals surface area contributed by atoms with Gasteiger partial charge in [0.1, 0.15) is 35.9 Å². The molecule has 3 rings (SSSR count). The summed E-state index contributed by atoms with van der Waals surface area (Å²) >= 11 is 0. The lowest BCUT2D eigenvalue weighted by Crippen LogP contribution is -2.60. The number of aliphatic hydroxyl groups is 4. The first kappa shape index (κ1) is 21.7. The van der Waals surface area contributed by atoms with Crippen molar-refractivity contribution in [2.24, 2.45) is 5.10 Å². The zero-order valence-electron chi connectivity index (χ0n) is 15.7. The highest BCUT2D eigenvalue weighted by Gasteiger charge is 2.44. The Labute approximate surface area is 171 Å². The van der Waals surface area contributed by atoms with Crippen molar-refractivity contribution in [2.75, 3.05) is 6.61 Å². The number of amides is 1. The van der Waals surface area contributed by atoms with Gasteiger partial charge in [-0.1, -0.05) is 12.1 Å². The van der Waals surface area contributed by atoms with E-state index in [2.05, 4.69) is 10.5 Å². The molecule has 0 spiro atoms. The van der Waals surface area contributed by atoms with Gasteiger partial charge in [0.05, 0.1) is 18.4 Å². The monoisotopic (exact) mass is 418 g/mol. The van der Waals surface area contributed by atoms with Crippen molar-refractivity contribution in [3.8, 4) is 11.5 Å². The van der Waals surface area contributed by atoms with Crippen LogP contribution >= 0.6 is 0 Å². The summed E-state index contributed by atoms with van der Waals surface area (Å²) in [6, 6.07) is 12.4. The van der Waals surface area contributed by atoms with Gasteiger partial charge in [-0.25, -0.2) is 5.43 Å². The van der Waals surface area contributed by atoms with Gasteiger partial charge in [-0.15, -0.1) is 0 Å². The van der Waals surface area contributed by atoms with Crippen LogP contribution in [-0.4, -0.2) is 75.0 Å². The molecule has 1 saturated heterocycles. The number of nitrogens with one attached hydrogen (secondary N) is 1. The zero-order valence-corrected chi connectivity index (χ0v) is 15.7. The number of phenols is 1. The van der Waals surface area contributed by atoms with E-state index in [-0.39, 0.29) is 11.3 Å². The Bertz CT molecular complexity index is 887. The lowest BCUT2D eigenvalue weighted by molar-refractivity contribution is -0.277. The maximum absolute atomic E-state index is 12.0. The van der Waals surface area contributed by atoms with E-state index in [1.165, 1.54) is 18.3 Å². The predicted molar refractivity (Wildman–Crippen MR) is 104 cm³/mol. The summed E-state index contributed by atoms with van der Waals surface area (Å²) in [5.74, 6) is -0.415. The molecule has 0 saturated carbocycles. The molecular formula is C20H22N2O8. The predicted octanol–water partition coefficient (Wildman–Crippen LogP) is -0.665. The van der Waals surface area contributed by atoms with Gasteiger partial charge in [-0.3, -0.25) is 4.79 Å². The second-order valence-electron chi connectivity index (χ2n) is 6.60. The van der Waals surface area contributed by atoms with Crippen LogP contribution in [0.5, 0.6) is 11.5 Å². The summed E-state index contributed by atoms with van der Waals surface area (Å²) < 4.78 is 10.8. The molecule has 5 unspecified atom stereocenters. The second-order valence-corrected chi connectivity index (χ2v) is 6.60. The highest BCUT2D eigenvalue weighted by atomic mass is 16.7. The smallest absolute Gasteiger partial charge is 0.275 e. The molecule has 0 aliphatic carbocycles. The number of aliphatic hydroxyl groups excluding tert-OH is 4. The molecule has 30 heavy (non-hydrogen) atoms. The van der Waals surface area contributed by atoms with E-state index in [1.54, 1.807) is 36.4 Å².